The minimum absolute atomic E-state index is 0.199. The lowest BCUT2D eigenvalue weighted by atomic mass is 10.1. The van der Waals surface area contributed by atoms with Gasteiger partial charge < -0.3 is 5.11 Å². The predicted molar refractivity (Wildman–Crippen MR) is 85.9 cm³/mol. The topological polar surface area (TPSA) is 41.3 Å². The molecule has 0 radical (unpaired) electrons. The number of hydrogen-bond acceptors (Lipinski definition) is 3. The standard InChI is InChI=1S/C17H25N3O/c1-3-4-10-20(11-12-21)14-16-13-19(2)18-17(16)15-8-6-5-7-9-15/h5-9,13,21H,3-4,10-12,14H2,1-2H3. The number of rotatable bonds is 8. The summed E-state index contributed by atoms with van der Waals surface area (Å²) in [7, 11) is 1.96. The molecule has 0 aliphatic heterocycles. The molecule has 21 heavy (non-hydrogen) atoms. The van der Waals surface area contributed by atoms with Crippen LogP contribution >= 0.6 is 0 Å². The van der Waals surface area contributed by atoms with Crippen molar-refractivity contribution < 1.29 is 5.11 Å². The molecule has 0 aliphatic carbocycles. The van der Waals surface area contributed by atoms with Gasteiger partial charge in [0.2, 0.25) is 0 Å². The van der Waals surface area contributed by atoms with Crippen molar-refractivity contribution in [2.75, 3.05) is 19.7 Å². The van der Waals surface area contributed by atoms with E-state index in [2.05, 4.69) is 35.3 Å². The van der Waals surface area contributed by atoms with Crippen molar-refractivity contribution in [3.63, 3.8) is 0 Å². The number of nitrogens with zero attached hydrogens (tertiary/aromatic N) is 3. The first-order valence-electron chi connectivity index (χ1n) is 7.65. The minimum atomic E-state index is 0.199. The van der Waals surface area contributed by atoms with Gasteiger partial charge in [0.1, 0.15) is 0 Å². The average Bonchev–Trinajstić information content (AvgIpc) is 2.86. The minimum Gasteiger partial charge on any atom is -0.395 e. The number of hydrogen-bond donors (Lipinski definition) is 1. The Morgan fingerprint density at radius 2 is 1.95 bits per heavy atom. The highest BCUT2D eigenvalue weighted by Gasteiger charge is 2.13. The summed E-state index contributed by atoms with van der Waals surface area (Å²) < 4.78 is 1.87. The third-order valence-corrected chi connectivity index (χ3v) is 3.59. The summed E-state index contributed by atoms with van der Waals surface area (Å²) in [6, 6.07) is 10.3. The van der Waals surface area contributed by atoms with Gasteiger partial charge in [-0.1, -0.05) is 43.7 Å². The fourth-order valence-electron chi connectivity index (χ4n) is 2.53. The van der Waals surface area contributed by atoms with Gasteiger partial charge in [-0.3, -0.25) is 9.58 Å². The molecule has 1 heterocycles. The molecule has 0 amide bonds. The predicted octanol–water partition coefficient (Wildman–Crippen LogP) is 2.68. The van der Waals surface area contributed by atoms with Crippen LogP contribution in [0.2, 0.25) is 0 Å². The zero-order valence-electron chi connectivity index (χ0n) is 13.0. The van der Waals surface area contributed by atoms with E-state index >= 15 is 0 Å². The molecule has 2 aromatic rings. The highest BCUT2D eigenvalue weighted by atomic mass is 16.3. The molecule has 0 saturated carbocycles. The molecule has 0 saturated heterocycles. The number of aliphatic hydroxyl groups excluding tert-OH is 1. The average molecular weight is 287 g/mol. The van der Waals surface area contributed by atoms with Crippen molar-refractivity contribution in [1.82, 2.24) is 14.7 Å². The molecule has 1 aromatic heterocycles. The number of aryl methyl sites for hydroxylation is 1. The van der Waals surface area contributed by atoms with Crippen molar-refractivity contribution in [1.29, 1.82) is 0 Å². The second kappa shape index (κ2) is 7.96. The molecule has 0 unspecified atom stereocenters. The molecule has 0 bridgehead atoms. The SMILES string of the molecule is CCCCN(CCO)Cc1cn(C)nc1-c1ccccc1. The molecule has 0 spiro atoms. The molecule has 1 N–H and O–H groups in total. The lowest BCUT2D eigenvalue weighted by Crippen LogP contribution is -2.27. The van der Waals surface area contributed by atoms with Crippen LogP contribution in [0.25, 0.3) is 11.3 Å². The first-order chi connectivity index (χ1) is 10.2. The van der Waals surface area contributed by atoms with E-state index < -0.39 is 0 Å². The fraction of sp³-hybridized carbons (Fsp3) is 0.471. The van der Waals surface area contributed by atoms with E-state index in [-0.39, 0.29) is 6.61 Å². The zero-order chi connectivity index (χ0) is 15.1. The largest absolute Gasteiger partial charge is 0.395 e. The van der Waals surface area contributed by atoms with E-state index in [0.29, 0.717) is 6.54 Å². The number of benzene rings is 1. The Morgan fingerprint density at radius 3 is 2.62 bits per heavy atom. The van der Waals surface area contributed by atoms with Crippen LogP contribution in [0, 0.1) is 0 Å². The molecule has 2 rings (SSSR count). The van der Waals surface area contributed by atoms with Crippen LogP contribution in [0.15, 0.2) is 36.5 Å². The monoisotopic (exact) mass is 287 g/mol. The highest BCUT2D eigenvalue weighted by Crippen LogP contribution is 2.22. The Morgan fingerprint density at radius 1 is 1.19 bits per heavy atom. The Balaban J connectivity index is 2.19. The van der Waals surface area contributed by atoms with Crippen molar-refractivity contribution in [2.24, 2.45) is 7.05 Å². The molecule has 0 atom stereocenters. The Labute approximate surface area is 127 Å². The molecule has 1 aromatic carbocycles. The lowest BCUT2D eigenvalue weighted by Gasteiger charge is -2.20. The van der Waals surface area contributed by atoms with E-state index in [9.17, 15) is 5.11 Å². The van der Waals surface area contributed by atoms with Gasteiger partial charge >= 0.3 is 0 Å². The molecule has 0 aliphatic rings. The second-order valence-corrected chi connectivity index (χ2v) is 5.40. The summed E-state index contributed by atoms with van der Waals surface area (Å²) in [4.78, 5) is 2.30. The van der Waals surface area contributed by atoms with Crippen LogP contribution in [0.1, 0.15) is 25.3 Å². The molecule has 4 nitrogen and oxygen atoms in total. The molecule has 0 fully saturated rings. The van der Waals surface area contributed by atoms with E-state index in [1.165, 1.54) is 12.0 Å². The van der Waals surface area contributed by atoms with Crippen LogP contribution in [-0.4, -0.2) is 39.5 Å². The van der Waals surface area contributed by atoms with Gasteiger partial charge in [-0.2, -0.15) is 5.10 Å². The third kappa shape index (κ3) is 4.41. The van der Waals surface area contributed by atoms with Crippen LogP contribution in [0.5, 0.6) is 0 Å². The number of aromatic nitrogens is 2. The normalized spacial score (nSPS) is 11.2. The zero-order valence-corrected chi connectivity index (χ0v) is 13.0. The second-order valence-electron chi connectivity index (χ2n) is 5.40. The Kier molecular flexibility index (Phi) is 5.96. The summed E-state index contributed by atoms with van der Waals surface area (Å²) in [6.45, 7) is 4.95. The molecular weight excluding hydrogens is 262 g/mol. The summed E-state index contributed by atoms with van der Waals surface area (Å²) >= 11 is 0. The summed E-state index contributed by atoms with van der Waals surface area (Å²) in [6.07, 6.45) is 4.40. The maximum Gasteiger partial charge on any atom is 0.0968 e. The molecular formula is C17H25N3O. The van der Waals surface area contributed by atoms with E-state index in [0.717, 1.165) is 30.8 Å². The van der Waals surface area contributed by atoms with Gasteiger partial charge in [-0.05, 0) is 13.0 Å². The summed E-state index contributed by atoms with van der Waals surface area (Å²) in [5.41, 5.74) is 3.40. The van der Waals surface area contributed by atoms with Crippen LogP contribution in [-0.2, 0) is 13.6 Å². The van der Waals surface area contributed by atoms with Gasteiger partial charge in [-0.15, -0.1) is 0 Å². The first kappa shape index (κ1) is 15.7. The fourth-order valence-corrected chi connectivity index (χ4v) is 2.53. The van der Waals surface area contributed by atoms with Crippen LogP contribution < -0.4 is 0 Å². The van der Waals surface area contributed by atoms with E-state index in [1.54, 1.807) is 0 Å². The van der Waals surface area contributed by atoms with Gasteiger partial charge in [0.15, 0.2) is 0 Å². The first-order valence-corrected chi connectivity index (χ1v) is 7.65. The van der Waals surface area contributed by atoms with Crippen molar-refractivity contribution in [3.05, 3.63) is 42.1 Å². The quantitative estimate of drug-likeness (QED) is 0.811. The van der Waals surface area contributed by atoms with Crippen molar-refractivity contribution in [2.45, 2.75) is 26.3 Å². The maximum absolute atomic E-state index is 9.24. The van der Waals surface area contributed by atoms with E-state index in [4.69, 9.17) is 0 Å². The highest BCUT2D eigenvalue weighted by molar-refractivity contribution is 5.62. The molecule has 4 heteroatoms. The van der Waals surface area contributed by atoms with Gasteiger partial charge in [-0.25, -0.2) is 0 Å². The Hall–Kier alpha value is -1.65. The van der Waals surface area contributed by atoms with Gasteiger partial charge in [0.25, 0.3) is 0 Å². The number of unbranched alkanes of at least 4 members (excludes halogenated alkanes) is 1. The lowest BCUT2D eigenvalue weighted by molar-refractivity contribution is 0.188. The summed E-state index contributed by atoms with van der Waals surface area (Å²) in [5.74, 6) is 0. The Bertz CT molecular complexity index is 536. The van der Waals surface area contributed by atoms with E-state index in [1.807, 2.05) is 29.9 Å². The maximum atomic E-state index is 9.24. The van der Waals surface area contributed by atoms with Crippen LogP contribution in [0.3, 0.4) is 0 Å². The van der Waals surface area contributed by atoms with Crippen molar-refractivity contribution in [3.8, 4) is 11.3 Å². The smallest absolute Gasteiger partial charge is 0.0968 e. The third-order valence-electron chi connectivity index (χ3n) is 3.59. The van der Waals surface area contributed by atoms with Crippen LogP contribution in [0.4, 0.5) is 0 Å². The molecule has 114 valence electrons. The summed E-state index contributed by atoms with van der Waals surface area (Å²) in [5, 5.41) is 13.8. The van der Waals surface area contributed by atoms with Gasteiger partial charge in [0.05, 0.1) is 12.3 Å². The van der Waals surface area contributed by atoms with Gasteiger partial charge in [0, 0.05) is 37.5 Å². The number of aliphatic hydroxyl groups is 1. The van der Waals surface area contributed by atoms with Crippen molar-refractivity contribution >= 4 is 0 Å².